The Hall–Kier alpha value is -2.64. The quantitative estimate of drug-likeness (QED) is 0.593. The van der Waals surface area contributed by atoms with Crippen LogP contribution in [0, 0.1) is 10.1 Å². The molecule has 1 aromatic heterocycles. The highest BCUT2D eigenvalue weighted by Gasteiger charge is 2.16. The van der Waals surface area contributed by atoms with E-state index in [1.54, 1.807) is 6.07 Å². The van der Waals surface area contributed by atoms with Crippen LogP contribution < -0.4 is 9.47 Å². The molecule has 1 aliphatic heterocycles. The van der Waals surface area contributed by atoms with Crippen LogP contribution in [0.2, 0.25) is 0 Å². The highest BCUT2D eigenvalue weighted by Crippen LogP contribution is 2.32. The zero-order chi connectivity index (χ0) is 12.5. The number of nitrogens with zero attached hydrogens (tertiary/aromatic N) is 4. The van der Waals surface area contributed by atoms with Crippen LogP contribution in [0.25, 0.3) is 0 Å². The molecule has 8 nitrogen and oxygen atoms in total. The molecule has 0 aliphatic carbocycles. The molecule has 0 amide bonds. The summed E-state index contributed by atoms with van der Waals surface area (Å²) >= 11 is 0. The van der Waals surface area contributed by atoms with Crippen LogP contribution in [0.4, 0.5) is 5.95 Å². The highest BCUT2D eigenvalue weighted by atomic mass is 16.7. The second-order valence-electron chi connectivity index (χ2n) is 3.69. The molecule has 0 saturated heterocycles. The lowest BCUT2D eigenvalue weighted by atomic mass is 10.2. The summed E-state index contributed by atoms with van der Waals surface area (Å²) in [6.45, 7) is 0.602. The monoisotopic (exact) mass is 248 g/mol. The fourth-order valence-electron chi connectivity index (χ4n) is 1.67. The molecule has 0 N–H and O–H groups in total. The van der Waals surface area contributed by atoms with E-state index in [1.165, 1.54) is 11.0 Å². The Morgan fingerprint density at radius 3 is 3.00 bits per heavy atom. The van der Waals surface area contributed by atoms with E-state index in [4.69, 9.17) is 9.47 Å². The molecule has 3 rings (SSSR count). The van der Waals surface area contributed by atoms with Crippen molar-refractivity contribution in [1.82, 2.24) is 14.8 Å². The van der Waals surface area contributed by atoms with E-state index < -0.39 is 10.9 Å². The Kier molecular flexibility index (Phi) is 2.33. The van der Waals surface area contributed by atoms with Gasteiger partial charge < -0.3 is 19.6 Å². The molecule has 0 atom stereocenters. The number of nitro groups is 1. The predicted octanol–water partition coefficient (Wildman–Crippen LogP) is 0.963. The first-order valence-electron chi connectivity index (χ1n) is 5.15. The summed E-state index contributed by atoms with van der Waals surface area (Å²) in [5.41, 5.74) is 0.902. The second-order valence-corrected chi connectivity index (χ2v) is 3.69. The topological polar surface area (TPSA) is 92.3 Å². The van der Waals surface area contributed by atoms with Crippen molar-refractivity contribution < 1.29 is 14.4 Å². The number of hydrogen-bond donors (Lipinski definition) is 0. The molecule has 1 aliphatic rings. The van der Waals surface area contributed by atoms with E-state index in [9.17, 15) is 10.1 Å². The zero-order valence-electron chi connectivity index (χ0n) is 9.15. The van der Waals surface area contributed by atoms with Crippen LogP contribution in [-0.2, 0) is 6.54 Å². The molecule has 0 bridgehead atoms. The maximum absolute atomic E-state index is 10.5. The molecule has 2 heterocycles. The number of hydrogen-bond acceptors (Lipinski definition) is 6. The van der Waals surface area contributed by atoms with E-state index in [0.29, 0.717) is 18.0 Å². The minimum atomic E-state index is -0.629. The van der Waals surface area contributed by atoms with Crippen LogP contribution in [0.15, 0.2) is 24.5 Å². The fraction of sp³-hybridized carbons (Fsp3) is 0.200. The van der Waals surface area contributed by atoms with Crippen molar-refractivity contribution in [2.24, 2.45) is 0 Å². The van der Waals surface area contributed by atoms with Crippen LogP contribution in [0.5, 0.6) is 11.5 Å². The van der Waals surface area contributed by atoms with Gasteiger partial charge in [0, 0.05) is 5.10 Å². The second kappa shape index (κ2) is 3.99. The number of benzene rings is 1. The van der Waals surface area contributed by atoms with Gasteiger partial charge in [-0.1, -0.05) is 11.1 Å². The summed E-state index contributed by atoms with van der Waals surface area (Å²) in [7, 11) is 0. The van der Waals surface area contributed by atoms with Crippen molar-refractivity contribution >= 4 is 5.95 Å². The number of fused-ring (bicyclic) bond motifs is 1. The van der Waals surface area contributed by atoms with Gasteiger partial charge in [0.05, 0.1) is 6.54 Å². The lowest BCUT2D eigenvalue weighted by molar-refractivity contribution is -0.394. The summed E-state index contributed by atoms with van der Waals surface area (Å²) in [6, 6.07) is 5.46. The fourth-order valence-corrected chi connectivity index (χ4v) is 1.67. The Bertz CT molecular complexity index is 610. The smallest absolute Gasteiger partial charge is 0.454 e. The Morgan fingerprint density at radius 2 is 2.22 bits per heavy atom. The highest BCUT2D eigenvalue weighted by molar-refractivity contribution is 5.44. The molecule has 0 unspecified atom stereocenters. The van der Waals surface area contributed by atoms with E-state index in [2.05, 4.69) is 10.1 Å². The zero-order valence-corrected chi connectivity index (χ0v) is 9.15. The van der Waals surface area contributed by atoms with E-state index in [-0.39, 0.29) is 6.79 Å². The molecular weight excluding hydrogens is 240 g/mol. The van der Waals surface area contributed by atoms with Crippen molar-refractivity contribution in [1.29, 1.82) is 0 Å². The largest absolute Gasteiger partial charge is 0.490 e. The average molecular weight is 248 g/mol. The normalized spacial score (nSPS) is 12.7. The molecule has 0 radical (unpaired) electrons. The van der Waals surface area contributed by atoms with Gasteiger partial charge in [-0.25, -0.2) is 0 Å². The maximum atomic E-state index is 10.5. The average Bonchev–Trinajstić information content (AvgIpc) is 2.96. The Morgan fingerprint density at radius 1 is 1.39 bits per heavy atom. The third kappa shape index (κ3) is 1.83. The molecule has 8 heteroatoms. The van der Waals surface area contributed by atoms with E-state index >= 15 is 0 Å². The summed E-state index contributed by atoms with van der Waals surface area (Å²) in [5, 5.41) is 14.2. The summed E-state index contributed by atoms with van der Waals surface area (Å²) in [6.07, 6.45) is 1.32. The minimum Gasteiger partial charge on any atom is -0.454 e. The number of rotatable bonds is 3. The van der Waals surface area contributed by atoms with Gasteiger partial charge in [0.1, 0.15) is 0 Å². The summed E-state index contributed by atoms with van der Waals surface area (Å²) < 4.78 is 11.8. The van der Waals surface area contributed by atoms with Crippen LogP contribution in [0.1, 0.15) is 5.56 Å². The Labute approximate surface area is 101 Å². The van der Waals surface area contributed by atoms with Gasteiger partial charge in [-0.15, -0.1) is 0 Å². The van der Waals surface area contributed by atoms with Crippen molar-refractivity contribution in [3.63, 3.8) is 0 Å². The lowest BCUT2D eigenvalue weighted by Gasteiger charge is -2.00. The number of ether oxygens (including phenoxy) is 2. The predicted molar refractivity (Wildman–Crippen MR) is 58.3 cm³/mol. The first-order chi connectivity index (χ1) is 8.72. The summed E-state index contributed by atoms with van der Waals surface area (Å²) in [4.78, 5) is 13.4. The third-order valence-electron chi connectivity index (χ3n) is 2.47. The SMILES string of the molecule is O=[N+]([O-])c1ncn(Cc2ccc3c(c2)OCO3)n1. The van der Waals surface area contributed by atoms with Gasteiger partial charge in [0.15, 0.2) is 11.5 Å². The van der Waals surface area contributed by atoms with Gasteiger partial charge in [-0.05, 0) is 22.6 Å². The Balaban J connectivity index is 1.81. The van der Waals surface area contributed by atoms with Gasteiger partial charge in [0.25, 0.3) is 0 Å². The molecule has 2 aromatic rings. The molecular formula is C10H8N4O4. The van der Waals surface area contributed by atoms with Crippen molar-refractivity contribution in [2.75, 3.05) is 6.79 Å². The first kappa shape index (κ1) is 10.5. The van der Waals surface area contributed by atoms with Crippen molar-refractivity contribution in [3.8, 4) is 11.5 Å². The third-order valence-corrected chi connectivity index (χ3v) is 2.47. The van der Waals surface area contributed by atoms with E-state index in [1.807, 2.05) is 12.1 Å². The van der Waals surface area contributed by atoms with Gasteiger partial charge >= 0.3 is 5.95 Å². The van der Waals surface area contributed by atoms with E-state index in [0.717, 1.165) is 5.56 Å². The van der Waals surface area contributed by atoms with Crippen molar-refractivity contribution in [2.45, 2.75) is 6.54 Å². The van der Waals surface area contributed by atoms with Crippen molar-refractivity contribution in [3.05, 3.63) is 40.2 Å². The molecule has 0 saturated carbocycles. The van der Waals surface area contributed by atoms with Gasteiger partial charge in [-0.2, -0.15) is 4.68 Å². The van der Waals surface area contributed by atoms with Crippen LogP contribution >= 0.6 is 0 Å². The molecule has 0 fully saturated rings. The summed E-state index contributed by atoms with van der Waals surface area (Å²) in [5.74, 6) is 0.959. The molecule has 1 aromatic carbocycles. The lowest BCUT2D eigenvalue weighted by Crippen LogP contribution is -2.01. The number of aromatic nitrogens is 3. The van der Waals surface area contributed by atoms with Gasteiger partial charge in [-0.3, -0.25) is 0 Å². The van der Waals surface area contributed by atoms with Gasteiger partial charge in [0.2, 0.25) is 13.1 Å². The standard InChI is InChI=1S/C10H8N4O4/c15-14(16)10-11-5-13(12-10)4-7-1-2-8-9(3-7)18-6-17-8/h1-3,5H,4,6H2. The maximum Gasteiger partial charge on any atom is 0.490 e. The molecule has 18 heavy (non-hydrogen) atoms. The minimum absolute atomic E-state index is 0.216. The van der Waals surface area contributed by atoms with Crippen LogP contribution in [-0.4, -0.2) is 26.5 Å². The first-order valence-corrected chi connectivity index (χ1v) is 5.15. The molecule has 0 spiro atoms. The van der Waals surface area contributed by atoms with Crippen LogP contribution in [0.3, 0.4) is 0 Å². The molecule has 92 valence electrons.